The second-order valence-electron chi connectivity index (χ2n) is 4.51. The van der Waals surface area contributed by atoms with E-state index in [1.54, 1.807) is 0 Å². The molecule has 18 heavy (non-hydrogen) atoms. The fourth-order valence-corrected chi connectivity index (χ4v) is 2.00. The van der Waals surface area contributed by atoms with Crippen molar-refractivity contribution in [1.82, 2.24) is 0 Å². The summed E-state index contributed by atoms with van der Waals surface area (Å²) >= 11 is 0. The molecule has 0 spiro atoms. The molecule has 0 aromatic heterocycles. The molecule has 2 unspecified atom stereocenters. The van der Waals surface area contributed by atoms with E-state index in [1.165, 1.54) is 0 Å². The first-order valence-corrected chi connectivity index (χ1v) is 6.36. The normalized spacial score (nSPS) is 21.3. The third-order valence-electron chi connectivity index (χ3n) is 3.10. The van der Waals surface area contributed by atoms with Crippen LogP contribution in [0.3, 0.4) is 0 Å². The van der Waals surface area contributed by atoms with Gasteiger partial charge in [0.1, 0.15) is 12.6 Å². The van der Waals surface area contributed by atoms with Crippen molar-refractivity contribution in [3.05, 3.63) is 35.9 Å². The van der Waals surface area contributed by atoms with E-state index in [2.05, 4.69) is 0 Å². The van der Waals surface area contributed by atoms with Crippen LogP contribution in [0.25, 0.3) is 0 Å². The van der Waals surface area contributed by atoms with Crippen LogP contribution in [-0.2, 0) is 14.3 Å². The largest absolute Gasteiger partial charge is 0.462 e. The smallest absolute Gasteiger partial charge is 0.327 e. The molecule has 0 saturated carbocycles. The Kier molecular flexibility index (Phi) is 4.73. The molecular formula is C14H19NO3. The molecule has 2 rings (SSSR count). The van der Waals surface area contributed by atoms with Gasteiger partial charge < -0.3 is 15.2 Å². The number of hydrogen-bond donors (Lipinski definition) is 1. The van der Waals surface area contributed by atoms with Crippen molar-refractivity contribution in [3.63, 3.8) is 0 Å². The van der Waals surface area contributed by atoms with E-state index in [9.17, 15) is 4.79 Å². The van der Waals surface area contributed by atoms with Gasteiger partial charge in [-0.25, -0.2) is 4.79 Å². The zero-order valence-corrected chi connectivity index (χ0v) is 10.4. The number of hydrogen-bond acceptors (Lipinski definition) is 4. The molecular weight excluding hydrogens is 230 g/mol. The van der Waals surface area contributed by atoms with Crippen LogP contribution in [0.4, 0.5) is 0 Å². The first-order valence-electron chi connectivity index (χ1n) is 6.36. The minimum atomic E-state index is -0.713. The number of esters is 1. The van der Waals surface area contributed by atoms with Gasteiger partial charge in [-0.2, -0.15) is 0 Å². The molecule has 0 bridgehead atoms. The van der Waals surface area contributed by atoms with Crippen molar-refractivity contribution in [2.24, 2.45) is 5.73 Å². The lowest BCUT2D eigenvalue weighted by Crippen LogP contribution is -2.30. The van der Waals surface area contributed by atoms with Crippen LogP contribution >= 0.6 is 0 Å². The number of carbonyl (C=O) groups excluding carboxylic acids is 1. The summed E-state index contributed by atoms with van der Waals surface area (Å²) in [7, 11) is 0. The van der Waals surface area contributed by atoms with Crippen molar-refractivity contribution in [1.29, 1.82) is 0 Å². The average molecular weight is 249 g/mol. The number of benzene rings is 1. The maximum Gasteiger partial charge on any atom is 0.327 e. The summed E-state index contributed by atoms with van der Waals surface area (Å²) in [6.45, 7) is 1.06. The molecule has 1 aromatic carbocycles. The van der Waals surface area contributed by atoms with Gasteiger partial charge in [-0.1, -0.05) is 30.3 Å². The summed E-state index contributed by atoms with van der Waals surface area (Å²) in [5.41, 5.74) is 6.61. The zero-order valence-electron chi connectivity index (χ0n) is 10.4. The minimum Gasteiger partial charge on any atom is -0.462 e. The predicted octanol–water partition coefficient (Wildman–Crippen LogP) is 1.80. The van der Waals surface area contributed by atoms with E-state index in [-0.39, 0.29) is 6.10 Å². The fraction of sp³-hybridized carbons (Fsp3) is 0.500. The summed E-state index contributed by atoms with van der Waals surface area (Å²) in [4.78, 5) is 11.8. The Morgan fingerprint density at radius 3 is 2.83 bits per heavy atom. The predicted molar refractivity (Wildman–Crippen MR) is 67.9 cm³/mol. The lowest BCUT2D eigenvalue weighted by atomic mass is 10.1. The summed E-state index contributed by atoms with van der Waals surface area (Å²) in [5.74, 6) is -0.393. The summed E-state index contributed by atoms with van der Waals surface area (Å²) in [6.07, 6.45) is 3.21. The van der Waals surface area contributed by atoms with Gasteiger partial charge in [0.2, 0.25) is 0 Å². The average Bonchev–Trinajstić information content (AvgIpc) is 2.46. The van der Waals surface area contributed by atoms with Crippen LogP contribution < -0.4 is 5.73 Å². The van der Waals surface area contributed by atoms with Crippen LogP contribution in [0.2, 0.25) is 0 Å². The third-order valence-corrected chi connectivity index (χ3v) is 3.10. The lowest BCUT2D eigenvalue weighted by molar-refractivity contribution is -0.150. The molecule has 4 heteroatoms. The molecule has 2 N–H and O–H groups in total. The van der Waals surface area contributed by atoms with Crippen molar-refractivity contribution in [2.45, 2.75) is 31.4 Å². The lowest BCUT2D eigenvalue weighted by Gasteiger charge is -2.22. The monoisotopic (exact) mass is 249 g/mol. The molecule has 4 nitrogen and oxygen atoms in total. The molecule has 0 radical (unpaired) electrons. The number of rotatable bonds is 4. The highest BCUT2D eigenvalue weighted by Crippen LogP contribution is 2.15. The van der Waals surface area contributed by atoms with E-state index in [0.717, 1.165) is 31.4 Å². The first-order chi connectivity index (χ1) is 8.77. The minimum absolute atomic E-state index is 0.0330. The molecule has 0 aliphatic carbocycles. The second-order valence-corrected chi connectivity index (χ2v) is 4.51. The summed E-state index contributed by atoms with van der Waals surface area (Å²) in [5, 5.41) is 0. The van der Waals surface area contributed by atoms with E-state index < -0.39 is 12.0 Å². The Labute approximate surface area is 107 Å². The molecule has 0 amide bonds. The molecule has 1 saturated heterocycles. The standard InChI is InChI=1S/C14H19NO3/c15-13(11-6-2-1-3-7-11)14(16)18-10-12-8-4-5-9-17-12/h1-3,6-7,12-13H,4-5,8-10,15H2. The van der Waals surface area contributed by atoms with Gasteiger partial charge in [0.05, 0.1) is 6.10 Å². The molecule has 2 atom stereocenters. The van der Waals surface area contributed by atoms with Crippen molar-refractivity contribution >= 4 is 5.97 Å². The molecule has 1 fully saturated rings. The van der Waals surface area contributed by atoms with Crippen molar-refractivity contribution in [2.75, 3.05) is 13.2 Å². The van der Waals surface area contributed by atoms with E-state index in [4.69, 9.17) is 15.2 Å². The fourth-order valence-electron chi connectivity index (χ4n) is 2.00. The molecule has 1 aliphatic rings. The van der Waals surface area contributed by atoms with Gasteiger partial charge in [-0.3, -0.25) is 0 Å². The second kappa shape index (κ2) is 6.52. The topological polar surface area (TPSA) is 61.6 Å². The van der Waals surface area contributed by atoms with Crippen LogP contribution in [0.15, 0.2) is 30.3 Å². The number of ether oxygens (including phenoxy) is 2. The van der Waals surface area contributed by atoms with E-state index >= 15 is 0 Å². The Morgan fingerprint density at radius 1 is 1.39 bits per heavy atom. The van der Waals surface area contributed by atoms with Crippen molar-refractivity contribution in [3.8, 4) is 0 Å². The van der Waals surface area contributed by atoms with Gasteiger partial charge in [0.15, 0.2) is 0 Å². The van der Waals surface area contributed by atoms with Gasteiger partial charge in [-0.15, -0.1) is 0 Å². The third kappa shape index (κ3) is 3.55. The van der Waals surface area contributed by atoms with E-state index in [0.29, 0.717) is 6.61 Å². The Morgan fingerprint density at radius 2 is 2.17 bits per heavy atom. The number of carbonyl (C=O) groups is 1. The molecule has 1 aliphatic heterocycles. The highest BCUT2D eigenvalue weighted by Gasteiger charge is 2.20. The molecule has 1 heterocycles. The van der Waals surface area contributed by atoms with Crippen LogP contribution in [-0.4, -0.2) is 25.3 Å². The Bertz CT molecular complexity index is 374. The highest BCUT2D eigenvalue weighted by molar-refractivity contribution is 5.77. The first kappa shape index (κ1) is 13.1. The maximum absolute atomic E-state index is 11.8. The Hall–Kier alpha value is -1.39. The highest BCUT2D eigenvalue weighted by atomic mass is 16.6. The van der Waals surface area contributed by atoms with Gasteiger partial charge in [-0.05, 0) is 24.8 Å². The summed E-state index contributed by atoms with van der Waals surface area (Å²) < 4.78 is 10.7. The SMILES string of the molecule is NC(C(=O)OCC1CCCCO1)c1ccccc1. The Balaban J connectivity index is 1.80. The van der Waals surface area contributed by atoms with E-state index in [1.807, 2.05) is 30.3 Å². The van der Waals surface area contributed by atoms with Crippen LogP contribution in [0.1, 0.15) is 30.9 Å². The van der Waals surface area contributed by atoms with Gasteiger partial charge in [0.25, 0.3) is 0 Å². The quantitative estimate of drug-likeness (QED) is 0.826. The van der Waals surface area contributed by atoms with Gasteiger partial charge >= 0.3 is 5.97 Å². The van der Waals surface area contributed by atoms with Gasteiger partial charge in [0, 0.05) is 6.61 Å². The number of nitrogens with two attached hydrogens (primary N) is 1. The van der Waals surface area contributed by atoms with Crippen LogP contribution in [0, 0.1) is 0 Å². The molecule has 1 aromatic rings. The maximum atomic E-state index is 11.8. The molecule has 98 valence electrons. The zero-order chi connectivity index (χ0) is 12.8. The van der Waals surface area contributed by atoms with Crippen molar-refractivity contribution < 1.29 is 14.3 Å². The van der Waals surface area contributed by atoms with Crippen LogP contribution in [0.5, 0.6) is 0 Å². The summed E-state index contributed by atoms with van der Waals surface area (Å²) in [6, 6.07) is 8.53.